The number of pyridine rings is 1. The van der Waals surface area contributed by atoms with E-state index >= 15 is 0 Å². The molecule has 0 unspecified atom stereocenters. The lowest BCUT2D eigenvalue weighted by molar-refractivity contribution is 0.747. The maximum Gasteiger partial charge on any atom is 0.157 e. The molecular weight excluding hydrogens is 222 g/mol. The third-order valence-corrected chi connectivity index (χ3v) is 3.31. The molecule has 0 amide bonds. The summed E-state index contributed by atoms with van der Waals surface area (Å²) in [7, 11) is 0. The Morgan fingerprint density at radius 3 is 2.81 bits per heavy atom. The summed E-state index contributed by atoms with van der Waals surface area (Å²) in [6, 6.07) is 2.03. The molecule has 0 spiro atoms. The zero-order chi connectivity index (χ0) is 11.7. The van der Waals surface area contributed by atoms with Crippen molar-refractivity contribution in [3.05, 3.63) is 28.2 Å². The minimum atomic E-state index is 0.672. The van der Waals surface area contributed by atoms with Gasteiger partial charge in [0.1, 0.15) is 5.15 Å². The van der Waals surface area contributed by atoms with E-state index < -0.39 is 0 Å². The fourth-order valence-electron chi connectivity index (χ4n) is 1.67. The SMILES string of the molecule is CCCCc1nc2cc(C)c(C)c(Cl)n2n1. The van der Waals surface area contributed by atoms with Crippen LogP contribution in [0.2, 0.25) is 5.15 Å². The molecule has 3 nitrogen and oxygen atoms in total. The summed E-state index contributed by atoms with van der Waals surface area (Å²) in [5.41, 5.74) is 3.08. The van der Waals surface area contributed by atoms with Crippen molar-refractivity contribution in [2.75, 3.05) is 0 Å². The standard InChI is InChI=1S/C12H16ClN3/c1-4-5-6-10-14-11-7-8(2)9(3)12(13)16(11)15-10/h7H,4-6H2,1-3H3. The highest BCUT2D eigenvalue weighted by atomic mass is 35.5. The second kappa shape index (κ2) is 4.42. The fourth-order valence-corrected chi connectivity index (χ4v) is 1.94. The summed E-state index contributed by atoms with van der Waals surface area (Å²) < 4.78 is 1.73. The largest absolute Gasteiger partial charge is 0.212 e. The Balaban J connectivity index is 2.49. The maximum atomic E-state index is 6.24. The van der Waals surface area contributed by atoms with Crippen molar-refractivity contribution in [3.63, 3.8) is 0 Å². The number of halogens is 1. The number of hydrogen-bond donors (Lipinski definition) is 0. The Bertz CT molecular complexity index is 516. The monoisotopic (exact) mass is 237 g/mol. The number of nitrogens with zero attached hydrogens (tertiary/aromatic N) is 3. The quantitative estimate of drug-likeness (QED) is 0.767. The first-order valence-corrected chi connectivity index (χ1v) is 6.02. The van der Waals surface area contributed by atoms with Gasteiger partial charge in [-0.15, -0.1) is 5.10 Å². The number of aryl methyl sites for hydroxylation is 2. The van der Waals surface area contributed by atoms with Gasteiger partial charge in [0, 0.05) is 6.42 Å². The molecule has 0 aromatic carbocycles. The number of hydrogen-bond acceptors (Lipinski definition) is 2. The molecule has 4 heteroatoms. The summed E-state index contributed by atoms with van der Waals surface area (Å²) in [6.07, 6.45) is 3.19. The van der Waals surface area contributed by atoms with Crippen LogP contribution < -0.4 is 0 Å². The Morgan fingerprint density at radius 1 is 1.38 bits per heavy atom. The van der Waals surface area contributed by atoms with E-state index in [0.717, 1.165) is 41.9 Å². The van der Waals surface area contributed by atoms with Crippen LogP contribution in [0.15, 0.2) is 6.07 Å². The van der Waals surface area contributed by atoms with Crippen LogP contribution in [0.3, 0.4) is 0 Å². The van der Waals surface area contributed by atoms with Crippen LogP contribution in [0.4, 0.5) is 0 Å². The summed E-state index contributed by atoms with van der Waals surface area (Å²) in [6.45, 7) is 6.21. The van der Waals surface area contributed by atoms with Crippen LogP contribution in [0.25, 0.3) is 5.65 Å². The van der Waals surface area contributed by atoms with E-state index in [1.165, 1.54) is 0 Å². The lowest BCUT2D eigenvalue weighted by Gasteiger charge is -2.03. The third-order valence-electron chi connectivity index (χ3n) is 2.86. The Morgan fingerprint density at radius 2 is 2.12 bits per heavy atom. The van der Waals surface area contributed by atoms with Crippen molar-refractivity contribution in [1.82, 2.24) is 14.6 Å². The number of rotatable bonds is 3. The lowest BCUT2D eigenvalue weighted by Crippen LogP contribution is -1.95. The van der Waals surface area contributed by atoms with Crippen molar-refractivity contribution < 1.29 is 0 Å². The van der Waals surface area contributed by atoms with Gasteiger partial charge in [0.05, 0.1) is 0 Å². The second-order valence-electron chi connectivity index (χ2n) is 4.14. The molecule has 0 aliphatic heterocycles. The molecule has 0 saturated carbocycles. The van der Waals surface area contributed by atoms with Crippen LogP contribution in [-0.2, 0) is 6.42 Å². The maximum absolute atomic E-state index is 6.24. The highest BCUT2D eigenvalue weighted by Crippen LogP contribution is 2.20. The Hall–Kier alpha value is -1.09. The van der Waals surface area contributed by atoms with E-state index in [-0.39, 0.29) is 0 Å². The van der Waals surface area contributed by atoms with Crippen LogP contribution in [0.1, 0.15) is 36.7 Å². The average molecular weight is 238 g/mol. The predicted molar refractivity (Wildman–Crippen MR) is 66.1 cm³/mol. The van der Waals surface area contributed by atoms with E-state index in [1.807, 2.05) is 19.9 Å². The first-order chi connectivity index (χ1) is 7.63. The minimum Gasteiger partial charge on any atom is -0.212 e. The van der Waals surface area contributed by atoms with Gasteiger partial charge in [0.15, 0.2) is 11.5 Å². The van der Waals surface area contributed by atoms with E-state index in [1.54, 1.807) is 4.52 Å². The minimum absolute atomic E-state index is 0.672. The third kappa shape index (κ3) is 1.92. The summed E-state index contributed by atoms with van der Waals surface area (Å²) in [5.74, 6) is 0.883. The molecule has 2 rings (SSSR count). The molecule has 0 N–H and O–H groups in total. The number of unbranched alkanes of at least 4 members (excludes halogenated alkanes) is 1. The molecule has 0 bridgehead atoms. The van der Waals surface area contributed by atoms with Crippen LogP contribution >= 0.6 is 11.6 Å². The predicted octanol–water partition coefficient (Wildman–Crippen LogP) is 3.34. The zero-order valence-electron chi connectivity index (χ0n) is 9.92. The second-order valence-corrected chi connectivity index (χ2v) is 4.50. The van der Waals surface area contributed by atoms with Crippen molar-refractivity contribution in [2.24, 2.45) is 0 Å². The molecule has 0 aliphatic carbocycles. The average Bonchev–Trinajstić information content (AvgIpc) is 2.66. The summed E-state index contributed by atoms with van der Waals surface area (Å²) >= 11 is 6.24. The smallest absolute Gasteiger partial charge is 0.157 e. The zero-order valence-corrected chi connectivity index (χ0v) is 10.7. The normalized spacial score (nSPS) is 11.2. The van der Waals surface area contributed by atoms with Gasteiger partial charge < -0.3 is 0 Å². The molecule has 2 heterocycles. The first-order valence-electron chi connectivity index (χ1n) is 5.65. The molecule has 2 aromatic rings. The van der Waals surface area contributed by atoms with Gasteiger partial charge >= 0.3 is 0 Å². The molecular formula is C12H16ClN3. The van der Waals surface area contributed by atoms with Gasteiger partial charge in [-0.3, -0.25) is 0 Å². The van der Waals surface area contributed by atoms with Gasteiger partial charge in [-0.05, 0) is 37.5 Å². The van der Waals surface area contributed by atoms with Gasteiger partial charge in [0.25, 0.3) is 0 Å². The van der Waals surface area contributed by atoms with E-state index in [0.29, 0.717) is 5.15 Å². The lowest BCUT2D eigenvalue weighted by atomic mass is 10.2. The Kier molecular flexibility index (Phi) is 3.15. The fraction of sp³-hybridized carbons (Fsp3) is 0.500. The number of aromatic nitrogens is 3. The highest BCUT2D eigenvalue weighted by molar-refractivity contribution is 6.30. The van der Waals surface area contributed by atoms with E-state index in [4.69, 9.17) is 11.6 Å². The van der Waals surface area contributed by atoms with Gasteiger partial charge in [-0.1, -0.05) is 24.9 Å². The molecule has 16 heavy (non-hydrogen) atoms. The van der Waals surface area contributed by atoms with Crippen molar-refractivity contribution in [3.8, 4) is 0 Å². The van der Waals surface area contributed by atoms with Gasteiger partial charge in [-0.2, -0.15) is 0 Å². The van der Waals surface area contributed by atoms with Crippen molar-refractivity contribution in [2.45, 2.75) is 40.0 Å². The van der Waals surface area contributed by atoms with E-state index in [9.17, 15) is 0 Å². The highest BCUT2D eigenvalue weighted by Gasteiger charge is 2.10. The molecule has 86 valence electrons. The van der Waals surface area contributed by atoms with Crippen LogP contribution in [0, 0.1) is 13.8 Å². The van der Waals surface area contributed by atoms with Crippen molar-refractivity contribution in [1.29, 1.82) is 0 Å². The Labute approximate surface area is 100 Å². The van der Waals surface area contributed by atoms with Crippen molar-refractivity contribution >= 4 is 17.2 Å². The molecule has 2 aromatic heterocycles. The molecule has 0 radical (unpaired) electrons. The number of fused-ring (bicyclic) bond motifs is 1. The van der Waals surface area contributed by atoms with Gasteiger partial charge in [0.2, 0.25) is 0 Å². The van der Waals surface area contributed by atoms with E-state index in [2.05, 4.69) is 17.0 Å². The van der Waals surface area contributed by atoms with Crippen LogP contribution in [0.5, 0.6) is 0 Å². The summed E-state index contributed by atoms with van der Waals surface area (Å²) in [4.78, 5) is 4.48. The first kappa shape index (κ1) is 11.4. The molecule has 0 saturated heterocycles. The topological polar surface area (TPSA) is 30.2 Å². The summed E-state index contributed by atoms with van der Waals surface area (Å²) in [5, 5.41) is 5.10. The molecule has 0 aliphatic rings. The molecule has 0 atom stereocenters. The molecule has 0 fully saturated rings. The van der Waals surface area contributed by atoms with Crippen LogP contribution in [-0.4, -0.2) is 14.6 Å². The van der Waals surface area contributed by atoms with Gasteiger partial charge in [-0.25, -0.2) is 9.50 Å².